The Kier molecular flexibility index (Phi) is 4.55. The Bertz CT molecular complexity index is 749. The van der Waals surface area contributed by atoms with Gasteiger partial charge < -0.3 is 15.0 Å². The number of amides is 1. The summed E-state index contributed by atoms with van der Waals surface area (Å²) in [5.41, 5.74) is 1.46. The summed E-state index contributed by atoms with van der Waals surface area (Å²) in [5.74, 6) is 1.19. The summed E-state index contributed by atoms with van der Waals surface area (Å²) >= 11 is 0. The minimum Gasteiger partial charge on any atom is -0.371 e. The van der Waals surface area contributed by atoms with Gasteiger partial charge in [-0.1, -0.05) is 0 Å². The van der Waals surface area contributed by atoms with Crippen LogP contribution in [0.2, 0.25) is 0 Å². The summed E-state index contributed by atoms with van der Waals surface area (Å²) in [6.45, 7) is 4.97. The normalized spacial score (nSPS) is 21.3. The summed E-state index contributed by atoms with van der Waals surface area (Å²) in [5, 5.41) is 11.3. The number of nitrogens with zero attached hydrogens (tertiary/aromatic N) is 4. The quantitative estimate of drug-likeness (QED) is 0.899. The third-order valence-electron chi connectivity index (χ3n) is 5.17. The molecule has 2 saturated heterocycles. The number of pyridine rings is 1. The van der Waals surface area contributed by atoms with E-state index in [1.54, 1.807) is 24.5 Å². The average Bonchev–Trinajstić information content (AvgIpc) is 2.66. The number of aryl methyl sites for hydroxylation is 1. The lowest BCUT2D eigenvalue weighted by atomic mass is 9.83. The van der Waals surface area contributed by atoms with Crippen molar-refractivity contribution in [1.29, 1.82) is 0 Å². The predicted molar refractivity (Wildman–Crippen MR) is 97.0 cm³/mol. The molecule has 2 aliphatic rings. The molecule has 26 heavy (non-hydrogen) atoms. The van der Waals surface area contributed by atoms with Crippen molar-refractivity contribution in [3.63, 3.8) is 0 Å². The lowest BCUT2D eigenvalue weighted by Crippen LogP contribution is -2.65. The first-order chi connectivity index (χ1) is 12.6. The van der Waals surface area contributed by atoms with Crippen LogP contribution < -0.4 is 10.2 Å². The molecule has 0 unspecified atom stereocenters. The van der Waals surface area contributed by atoms with Crippen molar-refractivity contribution in [2.75, 3.05) is 31.1 Å². The van der Waals surface area contributed by atoms with Crippen LogP contribution in [0.1, 0.15) is 28.9 Å². The number of carbonyl (C=O) groups is 1. The first-order valence-electron chi connectivity index (χ1n) is 9.01. The maximum atomic E-state index is 12.1. The van der Waals surface area contributed by atoms with E-state index in [4.69, 9.17) is 4.74 Å². The van der Waals surface area contributed by atoms with Gasteiger partial charge in [0.1, 0.15) is 5.60 Å². The summed E-state index contributed by atoms with van der Waals surface area (Å²) in [6.07, 6.45) is 5.31. The van der Waals surface area contributed by atoms with E-state index in [0.717, 1.165) is 37.4 Å². The first kappa shape index (κ1) is 16.9. The monoisotopic (exact) mass is 353 g/mol. The van der Waals surface area contributed by atoms with Crippen LogP contribution in [0.25, 0.3) is 0 Å². The minimum atomic E-state index is -0.0776. The molecule has 2 aromatic heterocycles. The molecule has 0 aliphatic carbocycles. The molecule has 1 amide bonds. The van der Waals surface area contributed by atoms with Crippen molar-refractivity contribution in [3.8, 4) is 0 Å². The standard InChI is InChI=1S/C19H23N5O2/c1-14-4-5-17(23-22-14)24-12-19(13-24)7-6-15(11-26-19)9-21-18(25)16-3-2-8-20-10-16/h2-5,8,10,15H,6-7,9,11-13H2,1H3,(H,21,25)/t15-/m1/s1. The van der Waals surface area contributed by atoms with Crippen molar-refractivity contribution >= 4 is 11.7 Å². The third kappa shape index (κ3) is 3.53. The SMILES string of the molecule is Cc1ccc(N2CC3(CC[C@H](CNC(=O)c4cccnc4)CO3)C2)nn1. The molecule has 0 radical (unpaired) electrons. The van der Waals surface area contributed by atoms with Gasteiger partial charge >= 0.3 is 0 Å². The van der Waals surface area contributed by atoms with Gasteiger partial charge in [0, 0.05) is 18.9 Å². The van der Waals surface area contributed by atoms with Gasteiger partial charge in [0.05, 0.1) is 31.0 Å². The Morgan fingerprint density at radius 3 is 2.88 bits per heavy atom. The van der Waals surface area contributed by atoms with Crippen LogP contribution in [-0.2, 0) is 4.74 Å². The van der Waals surface area contributed by atoms with Gasteiger partial charge in [-0.2, -0.15) is 5.10 Å². The number of hydrogen-bond donors (Lipinski definition) is 1. The molecule has 2 fully saturated rings. The van der Waals surface area contributed by atoms with E-state index < -0.39 is 0 Å². The highest BCUT2D eigenvalue weighted by atomic mass is 16.5. The minimum absolute atomic E-state index is 0.0591. The molecule has 0 saturated carbocycles. The van der Waals surface area contributed by atoms with E-state index in [0.29, 0.717) is 24.6 Å². The van der Waals surface area contributed by atoms with Gasteiger partial charge in [-0.15, -0.1) is 5.10 Å². The molecule has 2 aliphatic heterocycles. The maximum Gasteiger partial charge on any atom is 0.252 e. The molecule has 7 nitrogen and oxygen atoms in total. The lowest BCUT2D eigenvalue weighted by Gasteiger charge is -2.53. The zero-order valence-corrected chi connectivity index (χ0v) is 14.9. The number of carbonyl (C=O) groups excluding carboxylic acids is 1. The number of rotatable bonds is 4. The van der Waals surface area contributed by atoms with E-state index in [1.165, 1.54) is 0 Å². The van der Waals surface area contributed by atoms with Crippen LogP contribution in [0.4, 0.5) is 5.82 Å². The number of nitrogens with one attached hydrogen (secondary N) is 1. The van der Waals surface area contributed by atoms with Crippen molar-refractivity contribution in [2.45, 2.75) is 25.4 Å². The van der Waals surface area contributed by atoms with Gasteiger partial charge in [0.15, 0.2) is 5.82 Å². The first-order valence-corrected chi connectivity index (χ1v) is 9.01. The molecular weight excluding hydrogens is 330 g/mol. The van der Waals surface area contributed by atoms with Gasteiger partial charge in [-0.05, 0) is 49.9 Å². The van der Waals surface area contributed by atoms with Crippen molar-refractivity contribution in [3.05, 3.63) is 47.9 Å². The van der Waals surface area contributed by atoms with E-state index in [-0.39, 0.29) is 11.5 Å². The molecule has 2 aromatic rings. The van der Waals surface area contributed by atoms with Crippen LogP contribution in [0.15, 0.2) is 36.7 Å². The smallest absolute Gasteiger partial charge is 0.252 e. The van der Waals surface area contributed by atoms with Crippen LogP contribution in [0.3, 0.4) is 0 Å². The Morgan fingerprint density at radius 1 is 1.35 bits per heavy atom. The lowest BCUT2D eigenvalue weighted by molar-refractivity contribution is -0.115. The van der Waals surface area contributed by atoms with Crippen LogP contribution in [0.5, 0.6) is 0 Å². The highest BCUT2D eigenvalue weighted by molar-refractivity contribution is 5.93. The fourth-order valence-corrected chi connectivity index (χ4v) is 3.54. The number of anilines is 1. The van der Waals surface area contributed by atoms with Crippen LogP contribution in [0, 0.1) is 12.8 Å². The molecule has 4 heterocycles. The summed E-state index contributed by atoms with van der Waals surface area (Å²) in [4.78, 5) is 18.3. The number of ether oxygens (including phenoxy) is 1. The molecule has 1 N–H and O–H groups in total. The Balaban J connectivity index is 1.22. The highest BCUT2D eigenvalue weighted by Crippen LogP contribution is 2.37. The molecule has 4 rings (SSSR count). The molecule has 1 spiro atoms. The van der Waals surface area contributed by atoms with Crippen molar-refractivity contribution in [1.82, 2.24) is 20.5 Å². The van der Waals surface area contributed by atoms with Gasteiger partial charge in [0.2, 0.25) is 0 Å². The molecule has 1 atom stereocenters. The maximum absolute atomic E-state index is 12.1. The second-order valence-corrected chi connectivity index (χ2v) is 7.24. The van der Waals surface area contributed by atoms with Gasteiger partial charge in [0.25, 0.3) is 5.91 Å². The van der Waals surface area contributed by atoms with Crippen molar-refractivity contribution in [2.24, 2.45) is 5.92 Å². The Labute approximate surface area is 152 Å². The Morgan fingerprint density at radius 2 is 2.23 bits per heavy atom. The zero-order chi connectivity index (χ0) is 18.0. The van der Waals surface area contributed by atoms with E-state index in [2.05, 4.69) is 25.4 Å². The Hall–Kier alpha value is -2.54. The van der Waals surface area contributed by atoms with Crippen LogP contribution >= 0.6 is 0 Å². The third-order valence-corrected chi connectivity index (χ3v) is 5.17. The molecule has 7 heteroatoms. The summed E-state index contributed by atoms with van der Waals surface area (Å²) in [6, 6.07) is 7.53. The average molecular weight is 353 g/mol. The van der Waals surface area contributed by atoms with Gasteiger partial charge in [-0.25, -0.2) is 0 Å². The topological polar surface area (TPSA) is 80.2 Å². The molecule has 136 valence electrons. The van der Waals surface area contributed by atoms with Crippen LogP contribution in [-0.4, -0.2) is 52.9 Å². The molecule has 0 bridgehead atoms. The molecule has 0 aromatic carbocycles. The van der Waals surface area contributed by atoms with E-state index >= 15 is 0 Å². The van der Waals surface area contributed by atoms with Gasteiger partial charge in [-0.3, -0.25) is 9.78 Å². The van der Waals surface area contributed by atoms with E-state index in [1.807, 2.05) is 19.1 Å². The van der Waals surface area contributed by atoms with Crippen molar-refractivity contribution < 1.29 is 9.53 Å². The highest BCUT2D eigenvalue weighted by Gasteiger charge is 2.47. The molecular formula is C19H23N5O2. The fraction of sp³-hybridized carbons (Fsp3) is 0.474. The number of hydrogen-bond acceptors (Lipinski definition) is 6. The largest absolute Gasteiger partial charge is 0.371 e. The second kappa shape index (κ2) is 6.99. The van der Waals surface area contributed by atoms with E-state index in [9.17, 15) is 4.79 Å². The fourth-order valence-electron chi connectivity index (χ4n) is 3.54. The number of aromatic nitrogens is 3. The summed E-state index contributed by atoms with van der Waals surface area (Å²) in [7, 11) is 0. The second-order valence-electron chi connectivity index (χ2n) is 7.24. The zero-order valence-electron chi connectivity index (χ0n) is 14.9. The summed E-state index contributed by atoms with van der Waals surface area (Å²) < 4.78 is 6.17. The predicted octanol–water partition coefficient (Wildman–Crippen LogP) is 1.60.